The first-order chi connectivity index (χ1) is 13.5. The van der Waals surface area contributed by atoms with Crippen molar-refractivity contribution in [1.82, 2.24) is 0 Å². The van der Waals surface area contributed by atoms with Gasteiger partial charge in [-0.05, 0) is 12.8 Å². The van der Waals surface area contributed by atoms with Crippen LogP contribution in [0.25, 0.3) is 0 Å². The molecule has 0 amide bonds. The van der Waals surface area contributed by atoms with Crippen LogP contribution in [0, 0.1) is 0 Å². The first kappa shape index (κ1) is 27.9. The highest BCUT2D eigenvalue weighted by atomic mass is 32.2. The molecule has 5 heteroatoms. The van der Waals surface area contributed by atoms with Crippen LogP contribution >= 0.6 is 0 Å². The van der Waals surface area contributed by atoms with Crippen molar-refractivity contribution in [3.05, 3.63) is 0 Å². The highest BCUT2D eigenvalue weighted by Gasteiger charge is 2.21. The Bertz CT molecular complexity index is 409. The van der Waals surface area contributed by atoms with Gasteiger partial charge in [0.1, 0.15) is 0 Å². The van der Waals surface area contributed by atoms with Gasteiger partial charge >= 0.3 is 0 Å². The summed E-state index contributed by atoms with van der Waals surface area (Å²) in [6.07, 6.45) is 24.1. The van der Waals surface area contributed by atoms with Crippen molar-refractivity contribution in [1.29, 1.82) is 0 Å². The molecule has 0 aromatic carbocycles. The standard InChI is InChI=1S/C23H48O4S/c1-2-3-4-5-6-7-8-9-10-11-12-13-14-15-16-17-18-19-20-23(21-22-24)28(25,26)27/h23-24H,2-22H2,1H3,(H,25,26,27). The number of unbranched alkanes of at least 4 members (excludes halogenated alkanes) is 17. The first-order valence-corrected chi connectivity index (χ1v) is 13.6. The lowest BCUT2D eigenvalue weighted by atomic mass is 10.0. The molecule has 0 aromatic heterocycles. The number of hydrogen-bond acceptors (Lipinski definition) is 3. The molecular weight excluding hydrogens is 372 g/mol. The lowest BCUT2D eigenvalue weighted by Gasteiger charge is -2.12. The molecule has 0 spiro atoms. The van der Waals surface area contributed by atoms with Crippen LogP contribution in [-0.4, -0.2) is 29.9 Å². The maximum atomic E-state index is 11.2. The zero-order valence-corrected chi connectivity index (χ0v) is 19.4. The fourth-order valence-electron chi connectivity index (χ4n) is 3.86. The van der Waals surface area contributed by atoms with Gasteiger partial charge in [0, 0.05) is 6.61 Å². The molecule has 0 aliphatic rings. The number of aliphatic hydroxyl groups excluding tert-OH is 1. The third-order valence-electron chi connectivity index (χ3n) is 5.75. The molecule has 0 bridgehead atoms. The smallest absolute Gasteiger partial charge is 0.267 e. The average molecular weight is 421 g/mol. The van der Waals surface area contributed by atoms with E-state index in [1.165, 1.54) is 96.3 Å². The zero-order valence-electron chi connectivity index (χ0n) is 18.5. The van der Waals surface area contributed by atoms with Crippen molar-refractivity contribution in [2.75, 3.05) is 6.61 Å². The molecule has 0 aliphatic carbocycles. The van der Waals surface area contributed by atoms with Crippen LogP contribution in [-0.2, 0) is 10.1 Å². The van der Waals surface area contributed by atoms with E-state index in [1.807, 2.05) is 0 Å². The van der Waals surface area contributed by atoms with E-state index in [9.17, 15) is 8.42 Å². The van der Waals surface area contributed by atoms with Crippen LogP contribution in [0.15, 0.2) is 0 Å². The molecule has 0 fully saturated rings. The Morgan fingerprint density at radius 1 is 0.571 bits per heavy atom. The van der Waals surface area contributed by atoms with Gasteiger partial charge in [-0.15, -0.1) is 0 Å². The zero-order chi connectivity index (χ0) is 20.9. The van der Waals surface area contributed by atoms with E-state index in [0.29, 0.717) is 6.42 Å². The minimum atomic E-state index is -4.01. The summed E-state index contributed by atoms with van der Waals surface area (Å²) in [6, 6.07) is 0. The Hall–Kier alpha value is -0.130. The second-order valence-corrected chi connectivity index (χ2v) is 10.1. The summed E-state index contributed by atoms with van der Waals surface area (Å²) >= 11 is 0. The van der Waals surface area contributed by atoms with Gasteiger partial charge in [-0.1, -0.05) is 122 Å². The normalized spacial score (nSPS) is 13.1. The molecule has 28 heavy (non-hydrogen) atoms. The maximum absolute atomic E-state index is 11.2. The molecule has 0 saturated heterocycles. The minimum Gasteiger partial charge on any atom is -0.396 e. The highest BCUT2D eigenvalue weighted by molar-refractivity contribution is 7.86. The van der Waals surface area contributed by atoms with Crippen molar-refractivity contribution in [3.63, 3.8) is 0 Å². The van der Waals surface area contributed by atoms with Crippen molar-refractivity contribution in [2.45, 2.75) is 141 Å². The quantitative estimate of drug-likeness (QED) is 0.145. The molecule has 0 radical (unpaired) electrons. The van der Waals surface area contributed by atoms with Gasteiger partial charge in [0.05, 0.1) is 5.25 Å². The molecule has 0 heterocycles. The third kappa shape index (κ3) is 19.2. The molecule has 2 N–H and O–H groups in total. The Morgan fingerprint density at radius 2 is 0.893 bits per heavy atom. The molecule has 0 rings (SSSR count). The SMILES string of the molecule is CCCCCCCCCCCCCCCCCCCCC(CCO)S(=O)(=O)O. The summed E-state index contributed by atoms with van der Waals surface area (Å²) in [5, 5.41) is 8.08. The third-order valence-corrected chi connectivity index (χ3v) is 7.07. The van der Waals surface area contributed by atoms with Gasteiger partial charge in [0.2, 0.25) is 0 Å². The Kier molecular flexibility index (Phi) is 20.1. The second kappa shape index (κ2) is 20.2. The Morgan fingerprint density at radius 3 is 1.18 bits per heavy atom. The van der Waals surface area contributed by atoms with E-state index in [4.69, 9.17) is 9.66 Å². The molecular formula is C23H48O4S. The summed E-state index contributed by atoms with van der Waals surface area (Å²) in [4.78, 5) is 0. The van der Waals surface area contributed by atoms with Crippen LogP contribution in [0.2, 0.25) is 0 Å². The molecule has 1 atom stereocenters. The maximum Gasteiger partial charge on any atom is 0.267 e. The number of rotatable bonds is 22. The van der Waals surface area contributed by atoms with Gasteiger partial charge < -0.3 is 5.11 Å². The summed E-state index contributed by atoms with van der Waals surface area (Å²) in [7, 11) is -4.01. The molecule has 1 unspecified atom stereocenters. The van der Waals surface area contributed by atoms with E-state index in [2.05, 4.69) is 6.92 Å². The summed E-state index contributed by atoms with van der Waals surface area (Å²) in [5.74, 6) is 0. The summed E-state index contributed by atoms with van der Waals surface area (Å²) < 4.78 is 31.5. The van der Waals surface area contributed by atoms with Crippen molar-refractivity contribution >= 4 is 10.1 Å². The molecule has 170 valence electrons. The minimum absolute atomic E-state index is 0.137. The van der Waals surface area contributed by atoms with Crippen molar-refractivity contribution in [3.8, 4) is 0 Å². The summed E-state index contributed by atoms with van der Waals surface area (Å²) in [6.45, 7) is 2.08. The lowest BCUT2D eigenvalue weighted by Crippen LogP contribution is -2.21. The molecule has 4 nitrogen and oxygen atoms in total. The van der Waals surface area contributed by atoms with Crippen LogP contribution in [0.5, 0.6) is 0 Å². The second-order valence-electron chi connectivity index (χ2n) is 8.45. The van der Waals surface area contributed by atoms with E-state index < -0.39 is 15.4 Å². The van der Waals surface area contributed by atoms with Crippen LogP contribution in [0.1, 0.15) is 135 Å². The van der Waals surface area contributed by atoms with Crippen molar-refractivity contribution in [2.24, 2.45) is 0 Å². The fourth-order valence-corrected chi connectivity index (χ4v) is 4.73. The monoisotopic (exact) mass is 420 g/mol. The van der Waals surface area contributed by atoms with E-state index in [-0.39, 0.29) is 13.0 Å². The molecule has 0 aliphatic heterocycles. The van der Waals surface area contributed by atoms with Crippen LogP contribution in [0.3, 0.4) is 0 Å². The number of aliphatic hydroxyl groups is 1. The first-order valence-electron chi connectivity index (χ1n) is 12.1. The van der Waals surface area contributed by atoms with Gasteiger partial charge in [-0.25, -0.2) is 0 Å². The van der Waals surface area contributed by atoms with E-state index in [1.54, 1.807) is 0 Å². The molecule has 0 saturated carbocycles. The van der Waals surface area contributed by atoms with Crippen LogP contribution < -0.4 is 0 Å². The van der Waals surface area contributed by atoms with E-state index in [0.717, 1.165) is 19.3 Å². The Balaban J connectivity index is 3.25. The largest absolute Gasteiger partial charge is 0.396 e. The molecule has 0 aromatic rings. The fraction of sp³-hybridized carbons (Fsp3) is 1.00. The van der Waals surface area contributed by atoms with Gasteiger partial charge in [-0.3, -0.25) is 4.55 Å². The van der Waals surface area contributed by atoms with Crippen LogP contribution in [0.4, 0.5) is 0 Å². The van der Waals surface area contributed by atoms with Crippen molar-refractivity contribution < 1.29 is 18.1 Å². The Labute approximate surface area is 175 Å². The summed E-state index contributed by atoms with van der Waals surface area (Å²) in [5.41, 5.74) is 0. The van der Waals surface area contributed by atoms with Gasteiger partial charge in [0.25, 0.3) is 10.1 Å². The predicted molar refractivity (Wildman–Crippen MR) is 120 cm³/mol. The predicted octanol–water partition coefficient (Wildman–Crippen LogP) is 7.06. The highest BCUT2D eigenvalue weighted by Crippen LogP contribution is 2.17. The van der Waals surface area contributed by atoms with E-state index >= 15 is 0 Å². The average Bonchev–Trinajstić information content (AvgIpc) is 2.65. The topological polar surface area (TPSA) is 74.6 Å². The number of hydrogen-bond donors (Lipinski definition) is 2. The van der Waals surface area contributed by atoms with Gasteiger partial charge in [0.15, 0.2) is 0 Å². The van der Waals surface area contributed by atoms with Gasteiger partial charge in [-0.2, -0.15) is 8.42 Å². The lowest BCUT2D eigenvalue weighted by molar-refractivity contribution is 0.279.